The van der Waals surface area contributed by atoms with Gasteiger partial charge in [0.2, 0.25) is 0 Å². The Morgan fingerprint density at radius 2 is 2.50 bits per heavy atom. The number of nitrogens with one attached hydrogen (secondary N) is 1. The highest BCUT2D eigenvalue weighted by atomic mass is 32.2. The first-order valence-electron chi connectivity index (χ1n) is 3.24. The third kappa shape index (κ3) is 0.759. The fourth-order valence-corrected chi connectivity index (χ4v) is 2.25. The Hall–Kier alpha value is -0.480. The van der Waals surface area contributed by atoms with Gasteiger partial charge in [-0.1, -0.05) is 0 Å². The first kappa shape index (κ1) is 6.24. The molecule has 1 aliphatic rings. The van der Waals surface area contributed by atoms with Gasteiger partial charge in [0.05, 0.1) is 5.69 Å². The number of fused-ring (bicyclic) bond motifs is 1. The fraction of sp³-hybridized carbons (Fsp3) is 0.500. The molecular formula is C6H9N3S. The van der Waals surface area contributed by atoms with Crippen molar-refractivity contribution >= 4 is 11.8 Å². The SMILES string of the molecule is NCc1n[nH]c2c1CSC2. The van der Waals surface area contributed by atoms with Crippen LogP contribution in [-0.4, -0.2) is 10.2 Å². The van der Waals surface area contributed by atoms with E-state index in [4.69, 9.17) is 5.73 Å². The van der Waals surface area contributed by atoms with Gasteiger partial charge in [0.1, 0.15) is 0 Å². The molecule has 10 heavy (non-hydrogen) atoms. The molecule has 0 saturated heterocycles. The van der Waals surface area contributed by atoms with Crippen molar-refractivity contribution in [3.63, 3.8) is 0 Å². The number of rotatable bonds is 1. The minimum atomic E-state index is 0.562. The van der Waals surface area contributed by atoms with Crippen molar-refractivity contribution < 1.29 is 0 Å². The van der Waals surface area contributed by atoms with E-state index in [0.717, 1.165) is 17.2 Å². The highest BCUT2D eigenvalue weighted by molar-refractivity contribution is 7.98. The lowest BCUT2D eigenvalue weighted by molar-refractivity contribution is 0.931. The van der Waals surface area contributed by atoms with E-state index in [1.165, 1.54) is 11.3 Å². The summed E-state index contributed by atoms with van der Waals surface area (Å²) in [4.78, 5) is 0. The number of hydrogen-bond donors (Lipinski definition) is 2. The molecule has 0 unspecified atom stereocenters. The number of thioether (sulfide) groups is 1. The Balaban J connectivity index is 2.44. The van der Waals surface area contributed by atoms with E-state index < -0.39 is 0 Å². The maximum absolute atomic E-state index is 5.48. The molecule has 0 fully saturated rings. The van der Waals surface area contributed by atoms with E-state index in [2.05, 4.69) is 10.2 Å². The second-order valence-corrected chi connectivity index (χ2v) is 3.31. The van der Waals surface area contributed by atoms with Crippen molar-refractivity contribution in [1.82, 2.24) is 10.2 Å². The largest absolute Gasteiger partial charge is 0.325 e. The first-order valence-corrected chi connectivity index (χ1v) is 4.40. The number of aromatic nitrogens is 2. The second kappa shape index (κ2) is 2.29. The fourth-order valence-electron chi connectivity index (χ4n) is 1.16. The van der Waals surface area contributed by atoms with Gasteiger partial charge in [-0.15, -0.1) is 0 Å². The molecule has 4 heteroatoms. The van der Waals surface area contributed by atoms with Gasteiger partial charge in [0.15, 0.2) is 0 Å². The normalized spacial score (nSPS) is 15.7. The summed E-state index contributed by atoms with van der Waals surface area (Å²) in [6, 6.07) is 0. The van der Waals surface area contributed by atoms with E-state index in [1.807, 2.05) is 11.8 Å². The predicted molar refractivity (Wildman–Crippen MR) is 41.5 cm³/mol. The molecule has 1 aromatic heterocycles. The topological polar surface area (TPSA) is 54.7 Å². The Morgan fingerprint density at radius 3 is 3.30 bits per heavy atom. The highest BCUT2D eigenvalue weighted by Crippen LogP contribution is 2.29. The summed E-state index contributed by atoms with van der Waals surface area (Å²) < 4.78 is 0. The molecule has 2 heterocycles. The Labute approximate surface area is 63.4 Å². The van der Waals surface area contributed by atoms with Crippen LogP contribution < -0.4 is 5.73 Å². The minimum absolute atomic E-state index is 0.562. The quantitative estimate of drug-likeness (QED) is 0.625. The number of H-pyrrole nitrogens is 1. The third-order valence-corrected chi connectivity index (χ3v) is 2.71. The molecule has 1 aliphatic heterocycles. The summed E-state index contributed by atoms with van der Waals surface area (Å²) in [5.74, 6) is 2.15. The summed E-state index contributed by atoms with van der Waals surface area (Å²) in [7, 11) is 0. The van der Waals surface area contributed by atoms with Crippen LogP contribution in [0.25, 0.3) is 0 Å². The Bertz CT molecular complexity index is 243. The van der Waals surface area contributed by atoms with Gasteiger partial charge < -0.3 is 5.73 Å². The molecule has 0 bridgehead atoms. The van der Waals surface area contributed by atoms with Crippen LogP contribution in [0.5, 0.6) is 0 Å². The van der Waals surface area contributed by atoms with Crippen LogP contribution in [-0.2, 0) is 18.1 Å². The lowest BCUT2D eigenvalue weighted by atomic mass is 10.2. The maximum Gasteiger partial charge on any atom is 0.0801 e. The molecule has 0 aromatic carbocycles. The van der Waals surface area contributed by atoms with Gasteiger partial charge in [-0.3, -0.25) is 5.10 Å². The monoisotopic (exact) mass is 155 g/mol. The molecule has 0 saturated carbocycles. The van der Waals surface area contributed by atoms with Gasteiger partial charge in [-0.2, -0.15) is 16.9 Å². The highest BCUT2D eigenvalue weighted by Gasteiger charge is 2.16. The lowest BCUT2D eigenvalue weighted by Gasteiger charge is -1.90. The molecule has 0 aliphatic carbocycles. The molecule has 0 spiro atoms. The summed E-state index contributed by atoms with van der Waals surface area (Å²) in [6.07, 6.45) is 0. The van der Waals surface area contributed by atoms with Crippen molar-refractivity contribution in [3.8, 4) is 0 Å². The van der Waals surface area contributed by atoms with Gasteiger partial charge in [-0.05, 0) is 0 Å². The van der Waals surface area contributed by atoms with Crippen LogP contribution >= 0.6 is 11.8 Å². The third-order valence-electron chi connectivity index (χ3n) is 1.72. The summed E-state index contributed by atoms with van der Waals surface area (Å²) in [5.41, 5.74) is 9.13. The minimum Gasteiger partial charge on any atom is -0.325 e. The zero-order valence-corrected chi connectivity index (χ0v) is 6.37. The molecule has 2 rings (SSSR count). The van der Waals surface area contributed by atoms with Crippen molar-refractivity contribution in [1.29, 1.82) is 0 Å². The maximum atomic E-state index is 5.48. The molecule has 0 amide bonds. The van der Waals surface area contributed by atoms with Gasteiger partial charge in [0, 0.05) is 29.3 Å². The van der Waals surface area contributed by atoms with Crippen LogP contribution in [0.3, 0.4) is 0 Å². The molecular weight excluding hydrogens is 146 g/mol. The van der Waals surface area contributed by atoms with Gasteiger partial charge >= 0.3 is 0 Å². The summed E-state index contributed by atoms with van der Waals surface area (Å²) >= 11 is 1.91. The van der Waals surface area contributed by atoms with E-state index in [9.17, 15) is 0 Å². The van der Waals surface area contributed by atoms with Crippen LogP contribution in [0.2, 0.25) is 0 Å². The first-order chi connectivity index (χ1) is 4.92. The van der Waals surface area contributed by atoms with Crippen LogP contribution in [0, 0.1) is 0 Å². The van der Waals surface area contributed by atoms with E-state index >= 15 is 0 Å². The van der Waals surface area contributed by atoms with Crippen LogP contribution in [0.4, 0.5) is 0 Å². The van der Waals surface area contributed by atoms with Crippen molar-refractivity contribution in [3.05, 3.63) is 17.0 Å². The Kier molecular flexibility index (Phi) is 1.43. The Morgan fingerprint density at radius 1 is 1.60 bits per heavy atom. The van der Waals surface area contributed by atoms with Crippen LogP contribution in [0.15, 0.2) is 0 Å². The molecule has 3 nitrogen and oxygen atoms in total. The summed E-state index contributed by atoms with van der Waals surface area (Å²) in [5, 5.41) is 7.08. The van der Waals surface area contributed by atoms with Crippen LogP contribution in [0.1, 0.15) is 17.0 Å². The van der Waals surface area contributed by atoms with E-state index in [0.29, 0.717) is 6.54 Å². The van der Waals surface area contributed by atoms with Gasteiger partial charge in [-0.25, -0.2) is 0 Å². The zero-order chi connectivity index (χ0) is 6.97. The molecule has 0 atom stereocenters. The number of hydrogen-bond acceptors (Lipinski definition) is 3. The molecule has 1 aromatic rings. The number of nitrogens with two attached hydrogens (primary N) is 1. The molecule has 54 valence electrons. The second-order valence-electron chi connectivity index (χ2n) is 2.32. The standard InChI is InChI=1S/C6H9N3S/c7-1-5-4-2-10-3-6(4)9-8-5/h1-3,7H2,(H,8,9). The molecule has 3 N–H and O–H groups in total. The van der Waals surface area contributed by atoms with Gasteiger partial charge in [0.25, 0.3) is 0 Å². The van der Waals surface area contributed by atoms with Crippen molar-refractivity contribution in [2.75, 3.05) is 0 Å². The average Bonchev–Trinajstić information content (AvgIpc) is 2.44. The summed E-state index contributed by atoms with van der Waals surface area (Å²) in [6.45, 7) is 0.562. The van der Waals surface area contributed by atoms with Crippen molar-refractivity contribution in [2.24, 2.45) is 5.73 Å². The predicted octanol–water partition coefficient (Wildman–Crippen LogP) is 0.615. The van der Waals surface area contributed by atoms with Crippen molar-refractivity contribution in [2.45, 2.75) is 18.1 Å². The lowest BCUT2D eigenvalue weighted by Crippen LogP contribution is -1.99. The smallest absolute Gasteiger partial charge is 0.0801 e. The zero-order valence-electron chi connectivity index (χ0n) is 5.55. The van der Waals surface area contributed by atoms with E-state index in [-0.39, 0.29) is 0 Å². The average molecular weight is 155 g/mol. The number of nitrogens with zero attached hydrogens (tertiary/aromatic N) is 1. The molecule has 0 radical (unpaired) electrons. The van der Waals surface area contributed by atoms with E-state index in [1.54, 1.807) is 0 Å². The number of aromatic amines is 1.